The van der Waals surface area contributed by atoms with Gasteiger partial charge in [-0.25, -0.2) is 8.78 Å². The maximum atomic E-state index is 14.1. The Morgan fingerprint density at radius 1 is 1.11 bits per heavy atom. The largest absolute Gasteiger partial charge is 0.487 e. The summed E-state index contributed by atoms with van der Waals surface area (Å²) in [7, 11) is 0. The minimum absolute atomic E-state index is 0. The van der Waals surface area contributed by atoms with Crippen LogP contribution in [-0.4, -0.2) is 24.0 Å². The van der Waals surface area contributed by atoms with Crippen molar-refractivity contribution in [1.29, 1.82) is 0 Å². The van der Waals surface area contributed by atoms with Crippen molar-refractivity contribution >= 4 is 34.2 Å². The molecule has 37 heavy (non-hydrogen) atoms. The second-order valence-electron chi connectivity index (χ2n) is 8.96. The van der Waals surface area contributed by atoms with Crippen LogP contribution in [0.4, 0.5) is 8.78 Å². The quantitative estimate of drug-likeness (QED) is 0.344. The Hall–Kier alpha value is -2.75. The van der Waals surface area contributed by atoms with Crippen molar-refractivity contribution in [1.82, 2.24) is 15.6 Å². The molecular weight excluding hydrogens is 568 g/mol. The highest BCUT2D eigenvalue weighted by molar-refractivity contribution is 9.10. The summed E-state index contributed by atoms with van der Waals surface area (Å²) in [5.74, 6) is -0.905. The SMILES string of the molecule is Cc1[nH]c(=O)c(Br)c(OCc2ccc(F)cc2F)c1Cc1ccc(CNC(=O)C2CCNCC2)cc1.Cl. The van der Waals surface area contributed by atoms with Gasteiger partial charge < -0.3 is 20.4 Å². The van der Waals surface area contributed by atoms with E-state index in [1.807, 2.05) is 24.3 Å². The molecule has 10 heteroatoms. The van der Waals surface area contributed by atoms with Crippen molar-refractivity contribution in [3.05, 3.63) is 96.9 Å². The average molecular weight is 597 g/mol. The molecule has 6 nitrogen and oxygen atoms in total. The molecule has 2 heterocycles. The van der Waals surface area contributed by atoms with Crippen molar-refractivity contribution in [3.63, 3.8) is 0 Å². The first-order valence-corrected chi connectivity index (χ1v) is 12.7. The normalized spacial score (nSPS) is 13.6. The van der Waals surface area contributed by atoms with E-state index in [1.54, 1.807) is 6.92 Å². The monoisotopic (exact) mass is 595 g/mol. The molecule has 198 valence electrons. The van der Waals surface area contributed by atoms with Gasteiger partial charge >= 0.3 is 0 Å². The third kappa shape index (κ3) is 7.40. The molecule has 1 saturated heterocycles. The molecule has 4 rings (SSSR count). The van der Waals surface area contributed by atoms with Gasteiger partial charge in [0.15, 0.2) is 0 Å². The predicted octanol–water partition coefficient (Wildman–Crippen LogP) is 4.93. The number of H-pyrrole nitrogens is 1. The van der Waals surface area contributed by atoms with Crippen LogP contribution in [0.3, 0.4) is 0 Å². The van der Waals surface area contributed by atoms with Crippen LogP contribution in [0.5, 0.6) is 5.75 Å². The first kappa shape index (κ1) is 28.8. The molecular formula is C27H29BrClF2N3O3. The fraction of sp³-hybridized carbons (Fsp3) is 0.333. The van der Waals surface area contributed by atoms with Crippen LogP contribution in [0.25, 0.3) is 0 Å². The zero-order chi connectivity index (χ0) is 25.7. The number of rotatable bonds is 8. The van der Waals surface area contributed by atoms with Crippen LogP contribution in [0, 0.1) is 24.5 Å². The highest BCUT2D eigenvalue weighted by atomic mass is 79.9. The molecule has 1 amide bonds. The number of hydrogen-bond acceptors (Lipinski definition) is 4. The summed E-state index contributed by atoms with van der Waals surface area (Å²) in [5, 5.41) is 6.29. The standard InChI is InChI=1S/C27H28BrF2N3O3.ClH/c1-16-22(25(24(28)27(35)33-16)36-15-20-6-7-21(29)13-23(20)30)12-17-2-4-18(5-3-17)14-32-26(34)19-8-10-31-11-9-19;/h2-7,13,19,31H,8-12,14-15H2,1H3,(H,32,34)(H,33,35);1H. The van der Waals surface area contributed by atoms with E-state index in [0.29, 0.717) is 24.4 Å². The summed E-state index contributed by atoms with van der Waals surface area (Å²) < 4.78 is 33.4. The number of aryl methyl sites for hydroxylation is 1. The number of nitrogens with one attached hydrogen (secondary N) is 3. The Balaban J connectivity index is 0.00000380. The highest BCUT2D eigenvalue weighted by Gasteiger charge is 2.20. The van der Waals surface area contributed by atoms with Gasteiger partial charge in [-0.15, -0.1) is 12.4 Å². The van der Waals surface area contributed by atoms with Crippen LogP contribution < -0.4 is 20.9 Å². The molecule has 0 aliphatic carbocycles. The van der Waals surface area contributed by atoms with Gasteiger partial charge in [0.2, 0.25) is 5.91 Å². The van der Waals surface area contributed by atoms with Crippen LogP contribution in [0.15, 0.2) is 51.7 Å². The molecule has 0 spiro atoms. The fourth-order valence-electron chi connectivity index (χ4n) is 4.26. The number of carbonyl (C=O) groups is 1. The topological polar surface area (TPSA) is 83.2 Å². The maximum absolute atomic E-state index is 14.1. The van der Waals surface area contributed by atoms with Gasteiger partial charge in [0.05, 0.1) is 0 Å². The van der Waals surface area contributed by atoms with Gasteiger partial charge in [-0.2, -0.15) is 0 Å². The van der Waals surface area contributed by atoms with E-state index in [9.17, 15) is 18.4 Å². The number of aromatic nitrogens is 1. The number of pyridine rings is 1. The molecule has 0 radical (unpaired) electrons. The Kier molecular flexibility index (Phi) is 10.3. The third-order valence-electron chi connectivity index (χ3n) is 6.39. The van der Waals surface area contributed by atoms with Crippen LogP contribution in [0.2, 0.25) is 0 Å². The molecule has 1 aromatic heterocycles. The van der Waals surface area contributed by atoms with E-state index in [-0.39, 0.29) is 46.4 Å². The lowest BCUT2D eigenvalue weighted by atomic mass is 9.97. The predicted molar refractivity (Wildman–Crippen MR) is 144 cm³/mol. The zero-order valence-electron chi connectivity index (χ0n) is 20.3. The van der Waals surface area contributed by atoms with E-state index < -0.39 is 11.6 Å². The molecule has 1 fully saturated rings. The minimum Gasteiger partial charge on any atom is -0.487 e. The molecule has 3 N–H and O–H groups in total. The molecule has 2 aromatic carbocycles. The van der Waals surface area contributed by atoms with E-state index in [4.69, 9.17) is 4.74 Å². The van der Waals surface area contributed by atoms with Gasteiger partial charge in [0.1, 0.15) is 28.5 Å². The molecule has 3 aromatic rings. The smallest absolute Gasteiger partial charge is 0.266 e. The molecule has 1 aliphatic heterocycles. The van der Waals surface area contributed by atoms with E-state index in [0.717, 1.165) is 54.8 Å². The van der Waals surface area contributed by atoms with Crippen molar-refractivity contribution in [3.8, 4) is 5.75 Å². The number of halogens is 4. The van der Waals surface area contributed by atoms with Crippen LogP contribution in [-0.2, 0) is 24.4 Å². The second kappa shape index (κ2) is 13.2. The zero-order valence-corrected chi connectivity index (χ0v) is 22.7. The van der Waals surface area contributed by atoms with Crippen LogP contribution in [0.1, 0.15) is 40.8 Å². The van der Waals surface area contributed by atoms with Crippen molar-refractivity contribution < 1.29 is 18.3 Å². The van der Waals surface area contributed by atoms with Gasteiger partial charge in [-0.3, -0.25) is 9.59 Å². The lowest BCUT2D eigenvalue weighted by Gasteiger charge is -2.21. The van der Waals surface area contributed by atoms with Gasteiger partial charge in [-0.05, 0) is 72.0 Å². The Morgan fingerprint density at radius 2 is 1.78 bits per heavy atom. The third-order valence-corrected chi connectivity index (χ3v) is 7.11. The number of carbonyl (C=O) groups excluding carboxylic acids is 1. The molecule has 0 saturated carbocycles. The van der Waals surface area contributed by atoms with Crippen LogP contribution >= 0.6 is 28.3 Å². The number of benzene rings is 2. The summed E-state index contributed by atoms with van der Waals surface area (Å²) in [4.78, 5) is 27.5. The maximum Gasteiger partial charge on any atom is 0.266 e. The number of ether oxygens (including phenoxy) is 1. The number of hydrogen-bond donors (Lipinski definition) is 3. The Labute approximate surface area is 228 Å². The summed E-state index contributed by atoms with van der Waals surface area (Å²) in [5.41, 5.74) is 3.17. The van der Waals surface area contributed by atoms with E-state index in [1.165, 1.54) is 6.07 Å². The summed E-state index contributed by atoms with van der Waals surface area (Å²) in [6.45, 7) is 3.83. The lowest BCUT2D eigenvalue weighted by molar-refractivity contribution is -0.125. The number of piperidine rings is 1. The van der Waals surface area contributed by atoms with E-state index in [2.05, 4.69) is 31.5 Å². The lowest BCUT2D eigenvalue weighted by Crippen LogP contribution is -2.37. The minimum atomic E-state index is -0.711. The summed E-state index contributed by atoms with van der Waals surface area (Å²) in [6, 6.07) is 11.1. The average Bonchev–Trinajstić information content (AvgIpc) is 2.88. The number of amides is 1. The summed E-state index contributed by atoms with van der Waals surface area (Å²) in [6.07, 6.45) is 2.18. The van der Waals surface area contributed by atoms with Gasteiger partial charge in [-0.1, -0.05) is 24.3 Å². The fourth-order valence-corrected chi connectivity index (χ4v) is 4.71. The van der Waals surface area contributed by atoms with Gasteiger partial charge in [0, 0.05) is 41.8 Å². The Morgan fingerprint density at radius 3 is 2.46 bits per heavy atom. The summed E-state index contributed by atoms with van der Waals surface area (Å²) >= 11 is 3.29. The molecule has 0 unspecified atom stereocenters. The molecule has 1 aliphatic rings. The molecule has 0 bridgehead atoms. The van der Waals surface area contributed by atoms with E-state index >= 15 is 0 Å². The van der Waals surface area contributed by atoms with Crippen molar-refractivity contribution in [2.24, 2.45) is 5.92 Å². The highest BCUT2D eigenvalue weighted by Crippen LogP contribution is 2.31. The molecule has 0 atom stereocenters. The van der Waals surface area contributed by atoms with Crippen molar-refractivity contribution in [2.45, 2.75) is 39.3 Å². The first-order valence-electron chi connectivity index (χ1n) is 11.9. The van der Waals surface area contributed by atoms with Gasteiger partial charge in [0.25, 0.3) is 5.56 Å². The Bertz CT molecular complexity index is 1300. The second-order valence-corrected chi connectivity index (χ2v) is 9.75. The number of aromatic amines is 1. The first-order chi connectivity index (χ1) is 17.3. The van der Waals surface area contributed by atoms with Crippen molar-refractivity contribution in [2.75, 3.05) is 13.1 Å².